The van der Waals surface area contributed by atoms with Crippen LogP contribution in [0.1, 0.15) is 10.4 Å². The van der Waals surface area contributed by atoms with Crippen LogP contribution in [-0.2, 0) is 4.74 Å². The standard InChI is InChI=1S/C15H12ClFN2O3/c1-22-15(21)19-12-7-4-10(16)8-13(12)18-14(20)9-2-5-11(17)6-3-9/h2-8H,1H3,(H,18,20)(H,19,21). The summed E-state index contributed by atoms with van der Waals surface area (Å²) < 4.78 is 17.4. The number of amides is 2. The summed E-state index contributed by atoms with van der Waals surface area (Å²) in [5, 5.41) is 5.44. The maximum atomic E-state index is 12.9. The lowest BCUT2D eigenvalue weighted by atomic mass is 10.2. The van der Waals surface area contributed by atoms with E-state index in [0.29, 0.717) is 16.4 Å². The minimum Gasteiger partial charge on any atom is -0.453 e. The number of ether oxygens (including phenoxy) is 1. The number of carbonyl (C=O) groups is 2. The summed E-state index contributed by atoms with van der Waals surface area (Å²) in [4.78, 5) is 23.4. The zero-order valence-corrected chi connectivity index (χ0v) is 12.3. The Kier molecular flexibility index (Phi) is 4.95. The van der Waals surface area contributed by atoms with Gasteiger partial charge in [0.05, 0.1) is 18.5 Å². The minimum absolute atomic E-state index is 0.269. The first-order valence-corrected chi connectivity index (χ1v) is 6.59. The first kappa shape index (κ1) is 15.8. The fraction of sp³-hybridized carbons (Fsp3) is 0.0667. The number of hydrogen-bond acceptors (Lipinski definition) is 3. The molecule has 0 fully saturated rings. The van der Waals surface area contributed by atoms with Crippen LogP contribution in [0.5, 0.6) is 0 Å². The fourth-order valence-corrected chi connectivity index (χ4v) is 1.86. The Bertz CT molecular complexity index is 704. The van der Waals surface area contributed by atoms with E-state index >= 15 is 0 Å². The van der Waals surface area contributed by atoms with E-state index in [4.69, 9.17) is 11.6 Å². The van der Waals surface area contributed by atoms with E-state index in [1.807, 2.05) is 0 Å². The number of nitrogens with one attached hydrogen (secondary N) is 2. The molecule has 114 valence electrons. The van der Waals surface area contributed by atoms with Crippen molar-refractivity contribution in [3.05, 3.63) is 58.9 Å². The molecule has 2 aromatic rings. The first-order chi connectivity index (χ1) is 10.5. The number of rotatable bonds is 3. The highest BCUT2D eigenvalue weighted by Gasteiger charge is 2.12. The molecule has 0 aromatic heterocycles. The minimum atomic E-state index is -0.681. The van der Waals surface area contributed by atoms with Crippen molar-refractivity contribution in [3.8, 4) is 0 Å². The van der Waals surface area contributed by atoms with E-state index in [0.717, 1.165) is 0 Å². The van der Waals surface area contributed by atoms with Crippen LogP contribution in [0.4, 0.5) is 20.6 Å². The van der Waals surface area contributed by atoms with Crippen LogP contribution in [0.25, 0.3) is 0 Å². The van der Waals surface area contributed by atoms with E-state index in [2.05, 4.69) is 15.4 Å². The third kappa shape index (κ3) is 3.95. The molecular weight excluding hydrogens is 311 g/mol. The van der Waals surface area contributed by atoms with Gasteiger partial charge < -0.3 is 10.1 Å². The Morgan fingerprint density at radius 2 is 1.73 bits per heavy atom. The third-order valence-corrected chi connectivity index (χ3v) is 2.99. The molecule has 5 nitrogen and oxygen atoms in total. The van der Waals surface area contributed by atoms with Gasteiger partial charge in [-0.1, -0.05) is 11.6 Å². The predicted molar refractivity (Wildman–Crippen MR) is 81.8 cm³/mol. The molecule has 0 aliphatic heterocycles. The monoisotopic (exact) mass is 322 g/mol. The first-order valence-electron chi connectivity index (χ1n) is 6.21. The van der Waals surface area contributed by atoms with Gasteiger partial charge in [0.15, 0.2) is 0 Å². The van der Waals surface area contributed by atoms with Gasteiger partial charge in [0.25, 0.3) is 5.91 Å². The van der Waals surface area contributed by atoms with Gasteiger partial charge in [0, 0.05) is 10.6 Å². The molecule has 2 amide bonds. The SMILES string of the molecule is COC(=O)Nc1ccc(Cl)cc1NC(=O)c1ccc(F)cc1. The second-order valence-corrected chi connectivity index (χ2v) is 4.70. The van der Waals surface area contributed by atoms with Crippen molar-refractivity contribution in [3.63, 3.8) is 0 Å². The van der Waals surface area contributed by atoms with Gasteiger partial charge in [-0.3, -0.25) is 10.1 Å². The number of anilines is 2. The molecule has 0 heterocycles. The van der Waals surface area contributed by atoms with Crippen LogP contribution < -0.4 is 10.6 Å². The Morgan fingerprint density at radius 3 is 2.36 bits per heavy atom. The zero-order chi connectivity index (χ0) is 16.1. The summed E-state index contributed by atoms with van der Waals surface area (Å²) in [6, 6.07) is 9.63. The molecule has 2 aromatic carbocycles. The van der Waals surface area contributed by atoms with Crippen molar-refractivity contribution < 1.29 is 18.7 Å². The molecule has 0 aliphatic carbocycles. The third-order valence-electron chi connectivity index (χ3n) is 2.76. The van der Waals surface area contributed by atoms with Crippen LogP contribution in [0.2, 0.25) is 5.02 Å². The number of halogens is 2. The molecule has 0 unspecified atom stereocenters. The van der Waals surface area contributed by atoms with E-state index in [1.54, 1.807) is 6.07 Å². The number of methoxy groups -OCH3 is 1. The number of hydrogen-bond donors (Lipinski definition) is 2. The van der Waals surface area contributed by atoms with E-state index in [-0.39, 0.29) is 5.56 Å². The van der Waals surface area contributed by atoms with Gasteiger partial charge in [-0.05, 0) is 42.5 Å². The second-order valence-electron chi connectivity index (χ2n) is 4.27. The van der Waals surface area contributed by atoms with Crippen LogP contribution in [-0.4, -0.2) is 19.1 Å². The topological polar surface area (TPSA) is 67.4 Å². The lowest BCUT2D eigenvalue weighted by Gasteiger charge is -2.12. The molecule has 0 bridgehead atoms. The van der Waals surface area contributed by atoms with Crippen molar-refractivity contribution in [1.29, 1.82) is 0 Å². The van der Waals surface area contributed by atoms with E-state index in [1.165, 1.54) is 43.5 Å². The van der Waals surface area contributed by atoms with Crippen LogP contribution >= 0.6 is 11.6 Å². The molecule has 0 spiro atoms. The fourth-order valence-electron chi connectivity index (χ4n) is 1.69. The molecule has 2 N–H and O–H groups in total. The highest BCUT2D eigenvalue weighted by atomic mass is 35.5. The quantitative estimate of drug-likeness (QED) is 0.900. The Labute approximate surface area is 131 Å². The predicted octanol–water partition coefficient (Wildman–Crippen LogP) is 3.91. The van der Waals surface area contributed by atoms with Crippen molar-refractivity contribution in [2.75, 3.05) is 17.7 Å². The van der Waals surface area contributed by atoms with Gasteiger partial charge in [0.1, 0.15) is 5.82 Å². The van der Waals surface area contributed by atoms with Crippen molar-refractivity contribution >= 4 is 35.0 Å². The highest BCUT2D eigenvalue weighted by molar-refractivity contribution is 6.31. The van der Waals surface area contributed by atoms with Gasteiger partial charge in [-0.15, -0.1) is 0 Å². The molecule has 0 aliphatic rings. The van der Waals surface area contributed by atoms with Crippen LogP contribution in [0, 0.1) is 5.82 Å². The molecule has 2 rings (SSSR count). The van der Waals surface area contributed by atoms with Crippen molar-refractivity contribution in [2.24, 2.45) is 0 Å². The molecular formula is C15H12ClFN2O3. The Morgan fingerprint density at radius 1 is 1.05 bits per heavy atom. The molecule has 22 heavy (non-hydrogen) atoms. The summed E-state index contributed by atoms with van der Waals surface area (Å²) in [7, 11) is 1.22. The summed E-state index contributed by atoms with van der Waals surface area (Å²) in [5.41, 5.74) is 0.893. The average Bonchev–Trinajstić information content (AvgIpc) is 2.50. The van der Waals surface area contributed by atoms with Crippen molar-refractivity contribution in [2.45, 2.75) is 0 Å². The smallest absolute Gasteiger partial charge is 0.411 e. The second kappa shape index (κ2) is 6.91. The van der Waals surface area contributed by atoms with Crippen LogP contribution in [0.15, 0.2) is 42.5 Å². The van der Waals surface area contributed by atoms with E-state index in [9.17, 15) is 14.0 Å². The largest absolute Gasteiger partial charge is 0.453 e. The van der Waals surface area contributed by atoms with Gasteiger partial charge >= 0.3 is 6.09 Å². The lowest BCUT2D eigenvalue weighted by Crippen LogP contribution is -2.16. The maximum Gasteiger partial charge on any atom is 0.411 e. The summed E-state index contributed by atoms with van der Waals surface area (Å²) >= 11 is 5.89. The lowest BCUT2D eigenvalue weighted by molar-refractivity contribution is 0.102. The molecule has 0 saturated heterocycles. The molecule has 0 radical (unpaired) electrons. The highest BCUT2D eigenvalue weighted by Crippen LogP contribution is 2.26. The van der Waals surface area contributed by atoms with Gasteiger partial charge in [-0.2, -0.15) is 0 Å². The average molecular weight is 323 g/mol. The number of benzene rings is 2. The van der Waals surface area contributed by atoms with Crippen molar-refractivity contribution in [1.82, 2.24) is 0 Å². The van der Waals surface area contributed by atoms with Gasteiger partial charge in [0.2, 0.25) is 0 Å². The van der Waals surface area contributed by atoms with E-state index < -0.39 is 17.8 Å². The normalized spacial score (nSPS) is 9.95. The molecule has 0 atom stereocenters. The van der Waals surface area contributed by atoms with Gasteiger partial charge in [-0.25, -0.2) is 9.18 Å². The zero-order valence-electron chi connectivity index (χ0n) is 11.5. The summed E-state index contributed by atoms with van der Waals surface area (Å²) in [6.07, 6.45) is -0.681. The Hall–Kier alpha value is -2.60. The summed E-state index contributed by atoms with van der Waals surface area (Å²) in [6.45, 7) is 0. The Balaban J connectivity index is 2.23. The summed E-state index contributed by atoms with van der Waals surface area (Å²) in [5.74, 6) is -0.900. The maximum absolute atomic E-state index is 12.9. The molecule has 7 heteroatoms. The number of carbonyl (C=O) groups excluding carboxylic acids is 2. The molecule has 0 saturated carbocycles. The van der Waals surface area contributed by atoms with Crippen LogP contribution in [0.3, 0.4) is 0 Å².